The summed E-state index contributed by atoms with van der Waals surface area (Å²) < 4.78 is 15.7. The summed E-state index contributed by atoms with van der Waals surface area (Å²) in [4.78, 5) is 10.8. The molecule has 17 heavy (non-hydrogen) atoms. The average molecular weight is 238 g/mol. The van der Waals surface area contributed by atoms with E-state index in [9.17, 15) is 4.79 Å². The Balaban J connectivity index is 2.33. The molecule has 0 aliphatic carbocycles. The molecule has 1 aliphatic rings. The third-order valence-corrected chi connectivity index (χ3v) is 2.53. The van der Waals surface area contributed by atoms with Crippen LogP contribution in [0.2, 0.25) is 0 Å². The third kappa shape index (κ3) is 2.26. The predicted octanol–water partition coefficient (Wildman–Crippen LogP) is 0.299. The minimum Gasteiger partial charge on any atom is -0.493 e. The molecule has 0 spiro atoms. The van der Waals surface area contributed by atoms with Gasteiger partial charge < -0.3 is 25.7 Å². The third-order valence-electron chi connectivity index (χ3n) is 2.53. The zero-order valence-corrected chi connectivity index (χ0v) is 9.43. The molecule has 92 valence electrons. The Kier molecular flexibility index (Phi) is 3.06. The van der Waals surface area contributed by atoms with E-state index in [-0.39, 0.29) is 13.2 Å². The van der Waals surface area contributed by atoms with Gasteiger partial charge in [0, 0.05) is 12.5 Å². The number of carbonyl (C=O) groups is 1. The Labute approximate surface area is 98.4 Å². The number of nitrogens with two attached hydrogens (primary N) is 2. The molecule has 1 atom stereocenters. The van der Waals surface area contributed by atoms with Crippen LogP contribution in [0.1, 0.15) is 18.0 Å². The molecule has 1 amide bonds. The first-order chi connectivity index (χ1) is 8.11. The van der Waals surface area contributed by atoms with Crippen molar-refractivity contribution in [2.24, 2.45) is 11.5 Å². The molecule has 1 aromatic rings. The Morgan fingerprint density at radius 2 is 2.29 bits per heavy atom. The highest BCUT2D eigenvalue weighted by atomic mass is 16.7. The maximum absolute atomic E-state index is 10.8. The van der Waals surface area contributed by atoms with E-state index >= 15 is 0 Å². The lowest BCUT2D eigenvalue weighted by Crippen LogP contribution is -2.20. The number of ether oxygens (including phenoxy) is 3. The second-order valence-electron chi connectivity index (χ2n) is 3.73. The van der Waals surface area contributed by atoms with E-state index in [0.29, 0.717) is 17.2 Å². The van der Waals surface area contributed by atoms with Gasteiger partial charge in [0.05, 0.1) is 7.11 Å². The first-order valence-corrected chi connectivity index (χ1v) is 5.13. The number of carbonyl (C=O) groups excluding carboxylic acids is 1. The van der Waals surface area contributed by atoms with Gasteiger partial charge in [-0.3, -0.25) is 4.79 Å². The van der Waals surface area contributed by atoms with Crippen molar-refractivity contribution in [2.75, 3.05) is 13.9 Å². The molecule has 0 unspecified atom stereocenters. The SMILES string of the molecule is COc1cc([C@@H](N)CC(N)=O)cc2c1OCO2. The monoisotopic (exact) mass is 238 g/mol. The predicted molar refractivity (Wildman–Crippen MR) is 59.9 cm³/mol. The van der Waals surface area contributed by atoms with Crippen molar-refractivity contribution < 1.29 is 19.0 Å². The van der Waals surface area contributed by atoms with Gasteiger partial charge in [0.1, 0.15) is 0 Å². The van der Waals surface area contributed by atoms with Crippen LogP contribution in [0, 0.1) is 0 Å². The van der Waals surface area contributed by atoms with Crippen LogP contribution in [0.5, 0.6) is 17.2 Å². The number of primary amides is 1. The van der Waals surface area contributed by atoms with Crippen molar-refractivity contribution in [1.82, 2.24) is 0 Å². The lowest BCUT2D eigenvalue weighted by molar-refractivity contribution is -0.118. The minimum absolute atomic E-state index is 0.0722. The topological polar surface area (TPSA) is 96.8 Å². The summed E-state index contributed by atoms with van der Waals surface area (Å²) in [5.41, 5.74) is 11.7. The molecule has 2 rings (SSSR count). The Bertz CT molecular complexity index is 447. The number of fused-ring (bicyclic) bond motifs is 1. The zero-order valence-electron chi connectivity index (χ0n) is 9.43. The van der Waals surface area contributed by atoms with Gasteiger partial charge in [-0.05, 0) is 17.7 Å². The fourth-order valence-corrected chi connectivity index (χ4v) is 1.70. The molecular formula is C11H14N2O4. The van der Waals surface area contributed by atoms with Crippen molar-refractivity contribution in [2.45, 2.75) is 12.5 Å². The average Bonchev–Trinajstić information content (AvgIpc) is 2.74. The van der Waals surface area contributed by atoms with E-state index in [1.807, 2.05) is 0 Å². The number of rotatable bonds is 4. The van der Waals surface area contributed by atoms with Crippen LogP contribution in [0.3, 0.4) is 0 Å². The quantitative estimate of drug-likeness (QED) is 0.786. The van der Waals surface area contributed by atoms with Crippen LogP contribution < -0.4 is 25.7 Å². The number of benzene rings is 1. The summed E-state index contributed by atoms with van der Waals surface area (Å²) in [7, 11) is 1.53. The van der Waals surface area contributed by atoms with Gasteiger partial charge in [-0.15, -0.1) is 0 Å². The van der Waals surface area contributed by atoms with Crippen LogP contribution in [0.25, 0.3) is 0 Å². The van der Waals surface area contributed by atoms with Crippen LogP contribution in [-0.4, -0.2) is 19.8 Å². The van der Waals surface area contributed by atoms with Gasteiger partial charge in [-0.25, -0.2) is 0 Å². The fraction of sp³-hybridized carbons (Fsp3) is 0.364. The van der Waals surface area contributed by atoms with Crippen molar-refractivity contribution in [3.63, 3.8) is 0 Å². The van der Waals surface area contributed by atoms with E-state index in [4.69, 9.17) is 25.7 Å². The molecule has 1 aliphatic heterocycles. The highest BCUT2D eigenvalue weighted by Crippen LogP contribution is 2.42. The maximum Gasteiger partial charge on any atom is 0.231 e. The molecule has 1 aromatic carbocycles. The summed E-state index contributed by atoms with van der Waals surface area (Å²) in [6.45, 7) is 0.153. The molecule has 0 radical (unpaired) electrons. The molecule has 0 bridgehead atoms. The summed E-state index contributed by atoms with van der Waals surface area (Å²) in [5, 5.41) is 0. The standard InChI is InChI=1S/C11H14N2O4/c1-15-8-2-6(7(12)4-10(13)14)3-9-11(8)17-5-16-9/h2-3,7H,4-5,12H2,1H3,(H2,13,14)/t7-/m0/s1. The molecule has 0 aromatic heterocycles. The Hall–Kier alpha value is -1.95. The summed E-state index contributed by atoms with van der Waals surface area (Å²) in [6, 6.07) is 2.98. The Morgan fingerprint density at radius 3 is 2.94 bits per heavy atom. The number of amides is 1. The van der Waals surface area contributed by atoms with Gasteiger partial charge in [0.25, 0.3) is 0 Å². The van der Waals surface area contributed by atoms with E-state index in [1.54, 1.807) is 12.1 Å². The van der Waals surface area contributed by atoms with E-state index in [0.717, 1.165) is 5.56 Å². The van der Waals surface area contributed by atoms with Crippen LogP contribution in [0.15, 0.2) is 12.1 Å². The van der Waals surface area contributed by atoms with E-state index in [2.05, 4.69) is 0 Å². The van der Waals surface area contributed by atoms with Gasteiger partial charge in [0.2, 0.25) is 18.4 Å². The maximum atomic E-state index is 10.8. The van der Waals surface area contributed by atoms with Gasteiger partial charge >= 0.3 is 0 Å². The molecule has 0 saturated carbocycles. The highest BCUT2D eigenvalue weighted by Gasteiger charge is 2.22. The normalized spacial score (nSPS) is 14.5. The fourth-order valence-electron chi connectivity index (χ4n) is 1.70. The van der Waals surface area contributed by atoms with Crippen LogP contribution in [-0.2, 0) is 4.79 Å². The number of methoxy groups -OCH3 is 1. The summed E-state index contributed by atoms with van der Waals surface area (Å²) in [6.07, 6.45) is 0.0722. The molecule has 4 N–H and O–H groups in total. The second kappa shape index (κ2) is 4.50. The van der Waals surface area contributed by atoms with Crippen LogP contribution in [0.4, 0.5) is 0 Å². The molecule has 6 nitrogen and oxygen atoms in total. The molecular weight excluding hydrogens is 224 g/mol. The van der Waals surface area contributed by atoms with Gasteiger partial charge in [-0.2, -0.15) is 0 Å². The lowest BCUT2D eigenvalue weighted by atomic mass is 10.0. The first-order valence-electron chi connectivity index (χ1n) is 5.13. The van der Waals surface area contributed by atoms with Crippen molar-refractivity contribution in [3.8, 4) is 17.2 Å². The smallest absolute Gasteiger partial charge is 0.231 e. The number of hydrogen-bond donors (Lipinski definition) is 2. The van der Waals surface area contributed by atoms with Crippen molar-refractivity contribution in [1.29, 1.82) is 0 Å². The lowest BCUT2D eigenvalue weighted by Gasteiger charge is -2.13. The summed E-state index contributed by atoms with van der Waals surface area (Å²) in [5.74, 6) is 1.21. The van der Waals surface area contributed by atoms with Crippen LogP contribution >= 0.6 is 0 Å². The molecule has 0 fully saturated rings. The van der Waals surface area contributed by atoms with E-state index < -0.39 is 11.9 Å². The molecule has 1 heterocycles. The van der Waals surface area contributed by atoms with Gasteiger partial charge in [-0.1, -0.05) is 0 Å². The minimum atomic E-state index is -0.476. The van der Waals surface area contributed by atoms with Crippen molar-refractivity contribution >= 4 is 5.91 Å². The largest absolute Gasteiger partial charge is 0.493 e. The Morgan fingerprint density at radius 1 is 1.53 bits per heavy atom. The van der Waals surface area contributed by atoms with Crippen molar-refractivity contribution in [3.05, 3.63) is 17.7 Å². The molecule has 0 saturated heterocycles. The zero-order chi connectivity index (χ0) is 12.4. The summed E-state index contributed by atoms with van der Waals surface area (Å²) >= 11 is 0. The molecule has 6 heteroatoms. The highest BCUT2D eigenvalue weighted by molar-refractivity contribution is 5.74. The first kappa shape index (κ1) is 11.5. The second-order valence-corrected chi connectivity index (χ2v) is 3.73. The van der Waals surface area contributed by atoms with Gasteiger partial charge in [0.15, 0.2) is 11.5 Å². The number of hydrogen-bond acceptors (Lipinski definition) is 5. The van der Waals surface area contributed by atoms with E-state index in [1.165, 1.54) is 7.11 Å².